The molecule has 0 spiro atoms. The molecule has 0 fully saturated rings. The predicted octanol–water partition coefficient (Wildman–Crippen LogP) is 2.33. The number of aromatic nitrogens is 2. The Balaban J connectivity index is 2.01. The van der Waals surface area contributed by atoms with Crippen LogP contribution in [0.4, 0.5) is 0 Å². The van der Waals surface area contributed by atoms with Crippen LogP contribution in [-0.2, 0) is 6.42 Å². The van der Waals surface area contributed by atoms with Gasteiger partial charge in [-0.25, -0.2) is 0 Å². The monoisotopic (exact) mass is 261 g/mol. The van der Waals surface area contributed by atoms with Gasteiger partial charge in [0.15, 0.2) is 5.82 Å². The average molecular weight is 261 g/mol. The van der Waals surface area contributed by atoms with Crippen LogP contribution < -0.4 is 0 Å². The van der Waals surface area contributed by atoms with Gasteiger partial charge in [-0.1, -0.05) is 19.0 Å². The third kappa shape index (κ3) is 3.54. The Labute approximate surface area is 112 Å². The molecule has 0 unspecified atom stereocenters. The van der Waals surface area contributed by atoms with E-state index in [1.807, 2.05) is 0 Å². The highest BCUT2D eigenvalue weighted by Crippen LogP contribution is 2.20. The molecule has 0 saturated carbocycles. The number of aromatic hydroxyl groups is 1. The van der Waals surface area contributed by atoms with Gasteiger partial charge in [0.1, 0.15) is 5.75 Å². The van der Waals surface area contributed by atoms with Crippen LogP contribution in [0.1, 0.15) is 19.7 Å². The molecule has 0 atom stereocenters. The normalized spacial score (nSPS) is 11.1. The highest BCUT2D eigenvalue weighted by atomic mass is 16.5. The van der Waals surface area contributed by atoms with Crippen molar-refractivity contribution in [2.45, 2.75) is 20.3 Å². The second-order valence-corrected chi connectivity index (χ2v) is 4.34. The maximum atomic E-state index is 9.24. The SMILES string of the molecule is CCN(CC)CCc1noc(-c2ccc(O)cc2)n1. The highest BCUT2D eigenvalue weighted by molar-refractivity contribution is 5.53. The Bertz CT molecular complexity index is 504. The van der Waals surface area contributed by atoms with Crippen LogP contribution >= 0.6 is 0 Å². The largest absolute Gasteiger partial charge is 0.508 e. The molecule has 0 aliphatic heterocycles. The van der Waals surface area contributed by atoms with E-state index >= 15 is 0 Å². The Morgan fingerprint density at radius 1 is 1.16 bits per heavy atom. The fourth-order valence-corrected chi connectivity index (χ4v) is 1.87. The lowest BCUT2D eigenvalue weighted by molar-refractivity contribution is 0.303. The Morgan fingerprint density at radius 3 is 2.47 bits per heavy atom. The highest BCUT2D eigenvalue weighted by Gasteiger charge is 2.09. The second kappa shape index (κ2) is 6.33. The van der Waals surface area contributed by atoms with E-state index in [9.17, 15) is 5.11 Å². The molecule has 5 heteroatoms. The lowest BCUT2D eigenvalue weighted by atomic mass is 10.2. The van der Waals surface area contributed by atoms with Crippen molar-refractivity contribution in [1.29, 1.82) is 0 Å². The number of hydrogen-bond acceptors (Lipinski definition) is 5. The standard InChI is InChI=1S/C14H19N3O2/c1-3-17(4-2)10-9-13-15-14(19-16-13)11-5-7-12(18)8-6-11/h5-8,18H,3-4,9-10H2,1-2H3. The summed E-state index contributed by atoms with van der Waals surface area (Å²) < 4.78 is 5.23. The molecule has 102 valence electrons. The third-order valence-electron chi connectivity index (χ3n) is 3.13. The minimum absolute atomic E-state index is 0.227. The van der Waals surface area contributed by atoms with Gasteiger partial charge in [0.25, 0.3) is 5.89 Å². The van der Waals surface area contributed by atoms with Crippen LogP contribution in [0.25, 0.3) is 11.5 Å². The molecule has 2 rings (SSSR count). The summed E-state index contributed by atoms with van der Waals surface area (Å²) in [5.74, 6) is 1.44. The minimum atomic E-state index is 0.227. The van der Waals surface area contributed by atoms with Gasteiger partial charge in [0, 0.05) is 18.5 Å². The molecule has 0 amide bonds. The maximum absolute atomic E-state index is 9.24. The summed E-state index contributed by atoms with van der Waals surface area (Å²) in [6, 6.07) is 6.73. The van der Waals surface area contributed by atoms with Crippen molar-refractivity contribution in [3.8, 4) is 17.2 Å². The van der Waals surface area contributed by atoms with Crippen molar-refractivity contribution in [2.24, 2.45) is 0 Å². The summed E-state index contributed by atoms with van der Waals surface area (Å²) in [5, 5.41) is 13.2. The Morgan fingerprint density at radius 2 is 1.84 bits per heavy atom. The average Bonchev–Trinajstić information content (AvgIpc) is 2.89. The maximum Gasteiger partial charge on any atom is 0.257 e. The van der Waals surface area contributed by atoms with Crippen molar-refractivity contribution in [1.82, 2.24) is 15.0 Å². The van der Waals surface area contributed by atoms with Crippen molar-refractivity contribution in [3.05, 3.63) is 30.1 Å². The quantitative estimate of drug-likeness (QED) is 0.864. The molecular formula is C14H19N3O2. The van der Waals surface area contributed by atoms with E-state index in [-0.39, 0.29) is 5.75 Å². The second-order valence-electron chi connectivity index (χ2n) is 4.34. The zero-order valence-corrected chi connectivity index (χ0v) is 11.3. The van der Waals surface area contributed by atoms with Crippen molar-refractivity contribution in [3.63, 3.8) is 0 Å². The van der Waals surface area contributed by atoms with Crippen LogP contribution in [-0.4, -0.2) is 39.8 Å². The number of hydrogen-bond donors (Lipinski definition) is 1. The summed E-state index contributed by atoms with van der Waals surface area (Å²) >= 11 is 0. The third-order valence-corrected chi connectivity index (χ3v) is 3.13. The molecule has 0 aliphatic carbocycles. The first-order valence-corrected chi connectivity index (χ1v) is 6.57. The van der Waals surface area contributed by atoms with Gasteiger partial charge in [-0.2, -0.15) is 4.98 Å². The topological polar surface area (TPSA) is 62.4 Å². The van der Waals surface area contributed by atoms with E-state index in [2.05, 4.69) is 28.9 Å². The summed E-state index contributed by atoms with van der Waals surface area (Å²) in [6.45, 7) is 7.27. The molecule has 2 aromatic rings. The van der Waals surface area contributed by atoms with Crippen LogP contribution in [0, 0.1) is 0 Å². The summed E-state index contributed by atoms with van der Waals surface area (Å²) in [5.41, 5.74) is 0.819. The summed E-state index contributed by atoms with van der Waals surface area (Å²) in [4.78, 5) is 6.68. The van der Waals surface area contributed by atoms with Crippen molar-refractivity contribution in [2.75, 3.05) is 19.6 Å². The van der Waals surface area contributed by atoms with E-state index < -0.39 is 0 Å². The molecule has 19 heavy (non-hydrogen) atoms. The number of phenols is 1. The van der Waals surface area contributed by atoms with E-state index in [0.29, 0.717) is 5.89 Å². The van der Waals surface area contributed by atoms with E-state index in [4.69, 9.17) is 4.52 Å². The lowest BCUT2D eigenvalue weighted by Crippen LogP contribution is -2.25. The molecule has 1 aromatic heterocycles. The summed E-state index contributed by atoms with van der Waals surface area (Å²) in [7, 11) is 0. The molecule has 5 nitrogen and oxygen atoms in total. The van der Waals surface area contributed by atoms with Crippen LogP contribution in [0.15, 0.2) is 28.8 Å². The smallest absolute Gasteiger partial charge is 0.257 e. The summed E-state index contributed by atoms with van der Waals surface area (Å²) in [6.07, 6.45) is 0.781. The molecular weight excluding hydrogens is 242 g/mol. The first-order valence-electron chi connectivity index (χ1n) is 6.57. The van der Waals surface area contributed by atoms with Crippen LogP contribution in [0.2, 0.25) is 0 Å². The van der Waals surface area contributed by atoms with Crippen LogP contribution in [0.3, 0.4) is 0 Å². The Hall–Kier alpha value is -1.88. The molecule has 0 saturated heterocycles. The predicted molar refractivity (Wildman–Crippen MR) is 72.9 cm³/mol. The number of benzene rings is 1. The molecule has 1 N–H and O–H groups in total. The molecule has 0 bridgehead atoms. The number of nitrogens with zero attached hydrogens (tertiary/aromatic N) is 3. The molecule has 0 radical (unpaired) electrons. The number of rotatable bonds is 6. The fraction of sp³-hybridized carbons (Fsp3) is 0.429. The van der Waals surface area contributed by atoms with Crippen molar-refractivity contribution < 1.29 is 9.63 Å². The van der Waals surface area contributed by atoms with Gasteiger partial charge < -0.3 is 14.5 Å². The lowest BCUT2D eigenvalue weighted by Gasteiger charge is -2.16. The number of likely N-dealkylation sites (N-methyl/N-ethyl adjacent to an activating group) is 1. The van der Waals surface area contributed by atoms with E-state index in [1.54, 1.807) is 24.3 Å². The van der Waals surface area contributed by atoms with Gasteiger partial charge in [-0.15, -0.1) is 0 Å². The van der Waals surface area contributed by atoms with Gasteiger partial charge in [0.05, 0.1) is 0 Å². The minimum Gasteiger partial charge on any atom is -0.508 e. The zero-order valence-electron chi connectivity index (χ0n) is 11.3. The first-order chi connectivity index (χ1) is 9.22. The molecule has 1 aromatic carbocycles. The first kappa shape index (κ1) is 13.5. The van der Waals surface area contributed by atoms with E-state index in [0.717, 1.165) is 37.4 Å². The van der Waals surface area contributed by atoms with Gasteiger partial charge in [0.2, 0.25) is 0 Å². The van der Waals surface area contributed by atoms with Crippen LogP contribution in [0.5, 0.6) is 5.75 Å². The van der Waals surface area contributed by atoms with Gasteiger partial charge >= 0.3 is 0 Å². The van der Waals surface area contributed by atoms with Crippen molar-refractivity contribution >= 4 is 0 Å². The zero-order chi connectivity index (χ0) is 13.7. The fourth-order valence-electron chi connectivity index (χ4n) is 1.87. The number of phenolic OH excluding ortho intramolecular Hbond substituents is 1. The van der Waals surface area contributed by atoms with Gasteiger partial charge in [-0.3, -0.25) is 0 Å². The molecule has 0 aliphatic rings. The molecule has 1 heterocycles. The van der Waals surface area contributed by atoms with E-state index in [1.165, 1.54) is 0 Å². The van der Waals surface area contributed by atoms with Gasteiger partial charge in [-0.05, 0) is 37.4 Å². The Kier molecular flexibility index (Phi) is 4.52.